The van der Waals surface area contributed by atoms with Gasteiger partial charge in [0.15, 0.2) is 0 Å². The van der Waals surface area contributed by atoms with E-state index in [0.29, 0.717) is 0 Å². The third-order valence-electron chi connectivity index (χ3n) is 2.37. The van der Waals surface area contributed by atoms with Gasteiger partial charge in [0.2, 0.25) is 10.0 Å². The summed E-state index contributed by atoms with van der Waals surface area (Å²) in [6.45, 7) is 0. The number of hydrogen-bond donors (Lipinski definition) is 2. The second kappa shape index (κ2) is 6.46. The van der Waals surface area contributed by atoms with Crippen molar-refractivity contribution in [2.75, 3.05) is 17.3 Å². The van der Waals surface area contributed by atoms with E-state index in [9.17, 15) is 13.2 Å². The number of nitrogens with one attached hydrogen (secondary N) is 1. The van der Waals surface area contributed by atoms with Gasteiger partial charge in [0.25, 0.3) is 0 Å². The number of carboxylic acids is 1. The molecule has 1 aliphatic heterocycles. The molecule has 1 heterocycles. The minimum Gasteiger partial charge on any atom is -0.481 e. The predicted octanol–water partition coefficient (Wildman–Crippen LogP) is 0.666. The van der Waals surface area contributed by atoms with Crippen LogP contribution in [0.1, 0.15) is 25.7 Å². The number of carboxylic acid groups (broad SMARTS) is 1. The van der Waals surface area contributed by atoms with E-state index >= 15 is 0 Å². The molecule has 0 unspecified atom stereocenters. The van der Waals surface area contributed by atoms with Gasteiger partial charge in [0, 0.05) is 12.5 Å². The Bertz CT molecular complexity index is 322. The lowest BCUT2D eigenvalue weighted by molar-refractivity contribution is -0.137. The number of sulfonamides is 1. The van der Waals surface area contributed by atoms with Gasteiger partial charge in [-0.1, -0.05) is 0 Å². The minimum absolute atomic E-state index is 0.0380. The number of aliphatic carboxylic acids is 1. The lowest BCUT2D eigenvalue weighted by atomic mass is 10.2. The van der Waals surface area contributed by atoms with Gasteiger partial charge in [0.05, 0.1) is 5.75 Å². The van der Waals surface area contributed by atoms with E-state index in [4.69, 9.17) is 5.11 Å². The van der Waals surface area contributed by atoms with Crippen LogP contribution in [0.2, 0.25) is 0 Å². The molecule has 5 nitrogen and oxygen atoms in total. The summed E-state index contributed by atoms with van der Waals surface area (Å²) in [4.78, 5) is 10.3. The molecule has 0 aromatic rings. The maximum atomic E-state index is 11.6. The van der Waals surface area contributed by atoms with Crippen molar-refractivity contribution in [3.63, 3.8) is 0 Å². The molecule has 16 heavy (non-hydrogen) atoms. The summed E-state index contributed by atoms with van der Waals surface area (Å²) >= 11 is 1.83. The van der Waals surface area contributed by atoms with Gasteiger partial charge < -0.3 is 5.11 Å². The Balaban J connectivity index is 2.29. The van der Waals surface area contributed by atoms with Crippen LogP contribution in [0.15, 0.2) is 0 Å². The van der Waals surface area contributed by atoms with Crippen LogP contribution in [-0.4, -0.2) is 42.8 Å². The van der Waals surface area contributed by atoms with E-state index in [1.165, 1.54) is 0 Å². The van der Waals surface area contributed by atoms with Crippen molar-refractivity contribution < 1.29 is 18.3 Å². The van der Waals surface area contributed by atoms with Gasteiger partial charge >= 0.3 is 5.97 Å². The quantitative estimate of drug-likeness (QED) is 0.739. The van der Waals surface area contributed by atoms with E-state index in [1.54, 1.807) is 0 Å². The molecule has 0 bridgehead atoms. The largest absolute Gasteiger partial charge is 0.481 e. The molecule has 94 valence electrons. The van der Waals surface area contributed by atoms with E-state index < -0.39 is 16.0 Å². The molecular weight excluding hydrogens is 250 g/mol. The van der Waals surface area contributed by atoms with Crippen LogP contribution >= 0.6 is 11.8 Å². The molecule has 0 aromatic carbocycles. The zero-order valence-corrected chi connectivity index (χ0v) is 10.6. The summed E-state index contributed by atoms with van der Waals surface area (Å²) < 4.78 is 25.8. The highest BCUT2D eigenvalue weighted by molar-refractivity contribution is 7.99. The summed E-state index contributed by atoms with van der Waals surface area (Å²) in [5, 5.41) is 8.41. The second-order valence-electron chi connectivity index (χ2n) is 3.82. The third-order valence-corrected chi connectivity index (χ3v) is 4.94. The summed E-state index contributed by atoms with van der Waals surface area (Å²) in [5.41, 5.74) is 0. The molecular formula is C9H17NO4S2. The Morgan fingerprint density at radius 1 is 1.38 bits per heavy atom. The van der Waals surface area contributed by atoms with Gasteiger partial charge in [-0.15, -0.1) is 0 Å². The maximum Gasteiger partial charge on any atom is 0.303 e. The topological polar surface area (TPSA) is 83.5 Å². The first-order valence-electron chi connectivity index (χ1n) is 5.29. The number of rotatable bonds is 6. The lowest BCUT2D eigenvalue weighted by Gasteiger charge is -2.22. The molecule has 0 spiro atoms. The van der Waals surface area contributed by atoms with Crippen molar-refractivity contribution in [2.45, 2.75) is 31.7 Å². The monoisotopic (exact) mass is 267 g/mol. The first-order valence-corrected chi connectivity index (χ1v) is 8.10. The van der Waals surface area contributed by atoms with Crippen LogP contribution in [-0.2, 0) is 14.8 Å². The van der Waals surface area contributed by atoms with Gasteiger partial charge in [-0.3, -0.25) is 4.79 Å². The highest BCUT2D eigenvalue weighted by Crippen LogP contribution is 2.17. The Kier molecular flexibility index (Phi) is 5.57. The molecule has 0 amide bonds. The van der Waals surface area contributed by atoms with Crippen molar-refractivity contribution >= 4 is 27.8 Å². The zero-order valence-electron chi connectivity index (χ0n) is 9.02. The smallest absolute Gasteiger partial charge is 0.303 e. The van der Waals surface area contributed by atoms with Gasteiger partial charge in [-0.05, 0) is 30.8 Å². The Morgan fingerprint density at radius 3 is 2.56 bits per heavy atom. The van der Waals surface area contributed by atoms with Crippen LogP contribution in [0, 0.1) is 0 Å². The van der Waals surface area contributed by atoms with Gasteiger partial charge in [-0.2, -0.15) is 11.8 Å². The van der Waals surface area contributed by atoms with Crippen LogP contribution in [0.5, 0.6) is 0 Å². The van der Waals surface area contributed by atoms with E-state index in [2.05, 4.69) is 4.72 Å². The first kappa shape index (κ1) is 13.8. The fourth-order valence-electron chi connectivity index (χ4n) is 1.54. The van der Waals surface area contributed by atoms with E-state index in [-0.39, 0.29) is 24.6 Å². The molecule has 2 N–H and O–H groups in total. The van der Waals surface area contributed by atoms with Crippen LogP contribution < -0.4 is 4.72 Å². The van der Waals surface area contributed by atoms with Gasteiger partial charge in [-0.25, -0.2) is 13.1 Å². The zero-order chi connectivity index (χ0) is 12.0. The summed E-state index contributed by atoms with van der Waals surface area (Å²) in [5.74, 6) is 0.928. The molecule has 1 rings (SSSR count). The van der Waals surface area contributed by atoms with Gasteiger partial charge in [0.1, 0.15) is 0 Å². The maximum absolute atomic E-state index is 11.6. The Hall–Kier alpha value is -0.270. The van der Waals surface area contributed by atoms with Crippen molar-refractivity contribution in [1.82, 2.24) is 4.72 Å². The van der Waals surface area contributed by atoms with Crippen molar-refractivity contribution in [3.8, 4) is 0 Å². The van der Waals surface area contributed by atoms with Crippen LogP contribution in [0.25, 0.3) is 0 Å². The second-order valence-corrected chi connectivity index (χ2v) is 6.92. The highest BCUT2D eigenvalue weighted by atomic mass is 32.2. The molecule has 0 aliphatic carbocycles. The average molecular weight is 267 g/mol. The lowest BCUT2D eigenvalue weighted by Crippen LogP contribution is -2.38. The molecule has 0 atom stereocenters. The van der Waals surface area contributed by atoms with Crippen LogP contribution in [0.4, 0.5) is 0 Å². The SMILES string of the molecule is O=C(O)CCCS(=O)(=O)NC1CCSCC1. The molecule has 0 saturated carbocycles. The number of carbonyl (C=O) groups is 1. The Morgan fingerprint density at radius 2 is 2.00 bits per heavy atom. The number of thioether (sulfide) groups is 1. The summed E-state index contributed by atoms with van der Waals surface area (Å²) in [6, 6.07) is 0.0380. The number of hydrogen-bond acceptors (Lipinski definition) is 4. The van der Waals surface area contributed by atoms with E-state index in [1.807, 2.05) is 11.8 Å². The highest BCUT2D eigenvalue weighted by Gasteiger charge is 2.20. The summed E-state index contributed by atoms with van der Waals surface area (Å²) in [7, 11) is -3.30. The van der Waals surface area contributed by atoms with E-state index in [0.717, 1.165) is 24.3 Å². The summed E-state index contributed by atoms with van der Waals surface area (Å²) in [6.07, 6.45) is 1.80. The predicted molar refractivity (Wildman–Crippen MR) is 64.1 cm³/mol. The molecule has 1 saturated heterocycles. The molecule has 1 aliphatic rings. The average Bonchev–Trinajstić information content (AvgIpc) is 2.17. The molecule has 1 fully saturated rings. The Labute approximate surface area is 100 Å². The fraction of sp³-hybridized carbons (Fsp3) is 0.889. The third kappa shape index (κ3) is 5.72. The standard InChI is InChI=1S/C9H17NO4S2/c11-9(12)2-1-7-16(13,14)10-8-3-5-15-6-4-8/h8,10H,1-7H2,(H,11,12). The molecule has 0 radical (unpaired) electrons. The normalized spacial score (nSPS) is 18.5. The molecule has 7 heteroatoms. The van der Waals surface area contributed by atoms with Crippen molar-refractivity contribution in [3.05, 3.63) is 0 Å². The van der Waals surface area contributed by atoms with Crippen molar-refractivity contribution in [2.24, 2.45) is 0 Å². The minimum atomic E-state index is -3.30. The first-order chi connectivity index (χ1) is 7.49. The van der Waals surface area contributed by atoms with Crippen LogP contribution in [0.3, 0.4) is 0 Å². The fourth-order valence-corrected chi connectivity index (χ4v) is 4.03. The van der Waals surface area contributed by atoms with Crippen molar-refractivity contribution in [1.29, 1.82) is 0 Å². The molecule has 0 aromatic heterocycles.